The Balaban J connectivity index is 3.19. The molecule has 0 heterocycles. The second-order valence-corrected chi connectivity index (χ2v) is 3.84. The fourth-order valence-corrected chi connectivity index (χ4v) is 1.37. The highest BCUT2D eigenvalue weighted by molar-refractivity contribution is 7.80. The van der Waals surface area contributed by atoms with Gasteiger partial charge in [-0.05, 0) is 32.0 Å². The summed E-state index contributed by atoms with van der Waals surface area (Å²) in [4.78, 5) is 0. The minimum Gasteiger partial charge on any atom is -0.485 e. The third-order valence-corrected chi connectivity index (χ3v) is 1.93. The third-order valence-electron chi connectivity index (χ3n) is 1.83. The molecule has 0 aromatic heterocycles. The minimum atomic E-state index is 0.305. The van der Waals surface area contributed by atoms with Crippen molar-refractivity contribution in [2.75, 3.05) is 0 Å². The van der Waals surface area contributed by atoms with E-state index in [1.807, 2.05) is 6.92 Å². The van der Waals surface area contributed by atoms with Crippen molar-refractivity contribution in [1.82, 2.24) is 0 Å². The molecule has 0 aliphatic carbocycles. The second kappa shape index (κ2) is 7.53. The molecule has 0 aromatic carbocycles. The third kappa shape index (κ3) is 7.99. The van der Waals surface area contributed by atoms with Gasteiger partial charge in [0.25, 0.3) is 0 Å². The Morgan fingerprint density at radius 2 is 2.00 bits per heavy atom. The van der Waals surface area contributed by atoms with Crippen LogP contribution in [0.1, 0.15) is 52.9 Å². The molecule has 0 bridgehead atoms. The Morgan fingerprint density at radius 1 is 1.33 bits per heavy atom. The number of ether oxygens (including phenoxy) is 1. The van der Waals surface area contributed by atoms with Gasteiger partial charge in [0, 0.05) is 6.92 Å². The fourth-order valence-electron chi connectivity index (χ4n) is 1.20. The molecule has 0 unspecified atom stereocenters. The number of hydrogen-bond acceptors (Lipinski definition) is 2. The van der Waals surface area contributed by atoms with E-state index in [0.29, 0.717) is 11.2 Å². The van der Waals surface area contributed by atoms with Crippen molar-refractivity contribution in [1.29, 1.82) is 0 Å². The normalized spacial score (nSPS) is 12.6. The predicted molar refractivity (Wildman–Crippen MR) is 57.6 cm³/mol. The SMILES string of the molecule is CCCCCC[C@@H](C)OC(C)=S. The van der Waals surface area contributed by atoms with Gasteiger partial charge >= 0.3 is 0 Å². The van der Waals surface area contributed by atoms with E-state index in [2.05, 4.69) is 13.8 Å². The maximum atomic E-state index is 5.36. The monoisotopic (exact) mass is 188 g/mol. The maximum absolute atomic E-state index is 5.36. The zero-order valence-corrected chi connectivity index (χ0v) is 9.25. The van der Waals surface area contributed by atoms with Gasteiger partial charge < -0.3 is 4.74 Å². The Morgan fingerprint density at radius 3 is 2.50 bits per heavy atom. The first kappa shape index (κ1) is 11.9. The topological polar surface area (TPSA) is 9.23 Å². The van der Waals surface area contributed by atoms with Gasteiger partial charge in [-0.1, -0.05) is 26.2 Å². The summed E-state index contributed by atoms with van der Waals surface area (Å²) in [7, 11) is 0. The zero-order valence-electron chi connectivity index (χ0n) is 8.43. The molecular formula is C10H20OS. The van der Waals surface area contributed by atoms with Crippen LogP contribution in [0.4, 0.5) is 0 Å². The quantitative estimate of drug-likeness (QED) is 0.464. The van der Waals surface area contributed by atoms with Gasteiger partial charge in [0.1, 0.15) is 0 Å². The average molecular weight is 188 g/mol. The molecule has 72 valence electrons. The summed E-state index contributed by atoms with van der Waals surface area (Å²) in [6.45, 7) is 6.14. The van der Waals surface area contributed by atoms with Crippen molar-refractivity contribution in [3.05, 3.63) is 0 Å². The highest BCUT2D eigenvalue weighted by atomic mass is 32.1. The molecule has 0 radical (unpaired) electrons. The van der Waals surface area contributed by atoms with Crippen molar-refractivity contribution in [2.45, 2.75) is 59.0 Å². The standard InChI is InChI=1S/C10H20OS/c1-4-5-6-7-8-9(2)11-10(3)12/h9H,4-8H2,1-3H3/t9-/m1/s1. The van der Waals surface area contributed by atoms with E-state index < -0.39 is 0 Å². The van der Waals surface area contributed by atoms with E-state index in [1.165, 1.54) is 25.7 Å². The maximum Gasteiger partial charge on any atom is 0.156 e. The average Bonchev–Trinajstić information content (AvgIpc) is 1.97. The number of unbranched alkanes of at least 4 members (excludes halogenated alkanes) is 3. The summed E-state index contributed by atoms with van der Waals surface area (Å²) >= 11 is 4.85. The molecule has 0 aromatic rings. The molecule has 0 aliphatic rings. The molecular weight excluding hydrogens is 168 g/mol. The first-order chi connectivity index (χ1) is 5.66. The molecule has 1 atom stereocenters. The Bertz CT molecular complexity index is 123. The van der Waals surface area contributed by atoms with Crippen LogP contribution < -0.4 is 0 Å². The molecule has 0 amide bonds. The van der Waals surface area contributed by atoms with E-state index in [-0.39, 0.29) is 0 Å². The van der Waals surface area contributed by atoms with Gasteiger partial charge in [0.05, 0.1) is 6.10 Å². The van der Waals surface area contributed by atoms with E-state index >= 15 is 0 Å². The van der Waals surface area contributed by atoms with Crippen LogP contribution in [0.15, 0.2) is 0 Å². The first-order valence-corrected chi connectivity index (χ1v) is 5.24. The summed E-state index contributed by atoms with van der Waals surface area (Å²) in [5.41, 5.74) is 0. The van der Waals surface area contributed by atoms with E-state index in [4.69, 9.17) is 17.0 Å². The van der Waals surface area contributed by atoms with E-state index in [1.54, 1.807) is 0 Å². The van der Waals surface area contributed by atoms with E-state index in [0.717, 1.165) is 6.42 Å². The molecule has 0 saturated heterocycles. The smallest absolute Gasteiger partial charge is 0.156 e. The van der Waals surface area contributed by atoms with E-state index in [9.17, 15) is 0 Å². The number of rotatable bonds is 6. The van der Waals surface area contributed by atoms with Crippen molar-refractivity contribution < 1.29 is 4.74 Å². The highest BCUT2D eigenvalue weighted by Gasteiger charge is 2.01. The van der Waals surface area contributed by atoms with Crippen LogP contribution in [-0.2, 0) is 4.74 Å². The second-order valence-electron chi connectivity index (χ2n) is 3.27. The van der Waals surface area contributed by atoms with Gasteiger partial charge in [-0.15, -0.1) is 0 Å². The Labute approximate surface area is 81.5 Å². The lowest BCUT2D eigenvalue weighted by molar-refractivity contribution is 0.197. The molecule has 0 fully saturated rings. The number of hydrogen-bond donors (Lipinski definition) is 0. The molecule has 1 nitrogen and oxygen atoms in total. The van der Waals surface area contributed by atoms with Crippen LogP contribution in [0.2, 0.25) is 0 Å². The van der Waals surface area contributed by atoms with Crippen molar-refractivity contribution in [3.63, 3.8) is 0 Å². The highest BCUT2D eigenvalue weighted by Crippen LogP contribution is 2.07. The Hall–Kier alpha value is -0.110. The molecule has 2 heteroatoms. The molecule has 0 saturated carbocycles. The van der Waals surface area contributed by atoms with Crippen LogP contribution in [0.5, 0.6) is 0 Å². The van der Waals surface area contributed by atoms with Gasteiger partial charge in [0.2, 0.25) is 0 Å². The lowest BCUT2D eigenvalue weighted by Crippen LogP contribution is -2.10. The van der Waals surface area contributed by atoms with Crippen LogP contribution in [-0.4, -0.2) is 11.2 Å². The predicted octanol–water partition coefficient (Wildman–Crippen LogP) is 3.71. The Kier molecular flexibility index (Phi) is 7.47. The van der Waals surface area contributed by atoms with Crippen LogP contribution in [0.25, 0.3) is 0 Å². The van der Waals surface area contributed by atoms with Gasteiger partial charge in [-0.25, -0.2) is 0 Å². The molecule has 0 rings (SSSR count). The largest absolute Gasteiger partial charge is 0.485 e. The lowest BCUT2D eigenvalue weighted by atomic mass is 10.1. The zero-order chi connectivity index (χ0) is 9.40. The first-order valence-electron chi connectivity index (χ1n) is 4.84. The molecule has 0 N–H and O–H groups in total. The van der Waals surface area contributed by atoms with Crippen molar-refractivity contribution in [2.24, 2.45) is 0 Å². The summed E-state index contributed by atoms with van der Waals surface area (Å²) in [6, 6.07) is 0. The number of thiocarbonyl (C=S) groups is 1. The van der Waals surface area contributed by atoms with Crippen molar-refractivity contribution >= 4 is 17.3 Å². The van der Waals surface area contributed by atoms with Gasteiger partial charge in [0.15, 0.2) is 5.05 Å². The van der Waals surface area contributed by atoms with Gasteiger partial charge in [-0.2, -0.15) is 0 Å². The lowest BCUT2D eigenvalue weighted by Gasteiger charge is -2.12. The van der Waals surface area contributed by atoms with Crippen LogP contribution >= 0.6 is 12.2 Å². The van der Waals surface area contributed by atoms with Gasteiger partial charge in [-0.3, -0.25) is 0 Å². The molecule has 0 aliphatic heterocycles. The summed E-state index contributed by atoms with van der Waals surface area (Å²) < 4.78 is 5.36. The summed E-state index contributed by atoms with van der Waals surface area (Å²) in [6.07, 6.45) is 6.65. The van der Waals surface area contributed by atoms with Crippen LogP contribution in [0, 0.1) is 0 Å². The van der Waals surface area contributed by atoms with Crippen LogP contribution in [0.3, 0.4) is 0 Å². The summed E-state index contributed by atoms with van der Waals surface area (Å²) in [5, 5.41) is 0.665. The summed E-state index contributed by atoms with van der Waals surface area (Å²) in [5.74, 6) is 0. The fraction of sp³-hybridized carbons (Fsp3) is 0.900. The van der Waals surface area contributed by atoms with Crippen molar-refractivity contribution in [3.8, 4) is 0 Å². The molecule has 12 heavy (non-hydrogen) atoms. The minimum absolute atomic E-state index is 0.305. The molecule has 0 spiro atoms.